The molecule has 0 saturated heterocycles. The maximum absolute atomic E-state index is 12.7. The van der Waals surface area contributed by atoms with Crippen LogP contribution in [0.4, 0.5) is 5.69 Å². The van der Waals surface area contributed by atoms with E-state index in [-0.39, 0.29) is 22.4 Å². The second-order valence-electron chi connectivity index (χ2n) is 7.49. The van der Waals surface area contributed by atoms with Gasteiger partial charge in [0.05, 0.1) is 4.90 Å². The van der Waals surface area contributed by atoms with Gasteiger partial charge >= 0.3 is 0 Å². The highest BCUT2D eigenvalue weighted by Crippen LogP contribution is 2.24. The molecule has 3 aromatic rings. The molecular weight excluding hydrogens is 390 g/mol. The molecule has 0 aliphatic rings. The molecule has 0 aliphatic carbocycles. The first kappa shape index (κ1) is 21.0. The Labute approximate surface area is 170 Å². The van der Waals surface area contributed by atoms with Crippen LogP contribution in [0.2, 0.25) is 0 Å². The molecule has 29 heavy (non-hydrogen) atoms. The van der Waals surface area contributed by atoms with Crippen LogP contribution in [0.15, 0.2) is 51.8 Å². The SMILES string of the molecule is CC(C)c1nc2cc(NC(=O)c3cccc(S(=O)(=O)N(C)C(C)C)c3)ccc2o1. The Hall–Kier alpha value is -2.71. The molecule has 7 nitrogen and oxygen atoms in total. The van der Waals surface area contributed by atoms with E-state index >= 15 is 0 Å². The van der Waals surface area contributed by atoms with Gasteiger partial charge in [0.15, 0.2) is 11.5 Å². The van der Waals surface area contributed by atoms with Gasteiger partial charge in [-0.2, -0.15) is 4.31 Å². The minimum absolute atomic E-state index is 0.0786. The summed E-state index contributed by atoms with van der Waals surface area (Å²) in [7, 11) is -2.15. The van der Waals surface area contributed by atoms with E-state index in [1.165, 1.54) is 23.5 Å². The van der Waals surface area contributed by atoms with Gasteiger partial charge in [0.1, 0.15) is 5.52 Å². The van der Waals surface area contributed by atoms with Gasteiger partial charge in [-0.05, 0) is 50.2 Å². The van der Waals surface area contributed by atoms with Crippen LogP contribution in [0, 0.1) is 0 Å². The third-order valence-corrected chi connectivity index (χ3v) is 6.69. The molecule has 0 saturated carbocycles. The van der Waals surface area contributed by atoms with Gasteiger partial charge in [0.25, 0.3) is 5.91 Å². The van der Waals surface area contributed by atoms with Crippen LogP contribution in [-0.4, -0.2) is 36.7 Å². The summed E-state index contributed by atoms with van der Waals surface area (Å²) in [5.74, 6) is 0.394. The number of hydrogen-bond acceptors (Lipinski definition) is 5. The van der Waals surface area contributed by atoms with Crippen molar-refractivity contribution in [2.45, 2.75) is 44.6 Å². The fraction of sp³-hybridized carbons (Fsp3) is 0.333. The number of fused-ring (bicyclic) bond motifs is 1. The van der Waals surface area contributed by atoms with Gasteiger partial charge in [0.2, 0.25) is 10.0 Å². The van der Waals surface area contributed by atoms with Crippen LogP contribution in [-0.2, 0) is 10.0 Å². The largest absolute Gasteiger partial charge is 0.440 e. The zero-order valence-corrected chi connectivity index (χ0v) is 17.9. The van der Waals surface area contributed by atoms with Crippen LogP contribution < -0.4 is 5.32 Å². The van der Waals surface area contributed by atoms with Crippen molar-refractivity contribution in [2.75, 3.05) is 12.4 Å². The van der Waals surface area contributed by atoms with E-state index in [4.69, 9.17) is 4.42 Å². The number of carbonyl (C=O) groups is 1. The van der Waals surface area contributed by atoms with Gasteiger partial charge in [-0.25, -0.2) is 13.4 Å². The summed E-state index contributed by atoms with van der Waals surface area (Å²) in [4.78, 5) is 17.2. The first-order chi connectivity index (χ1) is 13.6. The molecule has 0 bridgehead atoms. The molecule has 1 heterocycles. The summed E-state index contributed by atoms with van der Waals surface area (Å²) in [6.45, 7) is 7.56. The molecular formula is C21H25N3O4S. The number of nitrogens with zero attached hydrogens (tertiary/aromatic N) is 2. The lowest BCUT2D eigenvalue weighted by molar-refractivity contribution is 0.102. The van der Waals surface area contributed by atoms with E-state index in [1.54, 1.807) is 44.2 Å². The second-order valence-corrected chi connectivity index (χ2v) is 9.48. The normalized spacial score (nSPS) is 12.3. The van der Waals surface area contributed by atoms with Crippen molar-refractivity contribution < 1.29 is 17.6 Å². The summed E-state index contributed by atoms with van der Waals surface area (Å²) in [6.07, 6.45) is 0. The molecule has 154 valence electrons. The standard InChI is InChI=1S/C21H25N3O4S/c1-13(2)21-23-18-12-16(9-10-19(18)28-21)22-20(25)15-7-6-8-17(11-15)29(26,27)24(5)14(3)4/h6-14H,1-5H3,(H,22,25). The number of rotatable bonds is 6. The summed E-state index contributed by atoms with van der Waals surface area (Å²) in [5, 5.41) is 2.79. The zero-order valence-electron chi connectivity index (χ0n) is 17.1. The Morgan fingerprint density at radius 2 is 1.83 bits per heavy atom. The van der Waals surface area contributed by atoms with Crippen LogP contribution in [0.25, 0.3) is 11.1 Å². The van der Waals surface area contributed by atoms with Crippen LogP contribution >= 0.6 is 0 Å². The second kappa shape index (κ2) is 7.96. The average Bonchev–Trinajstić information content (AvgIpc) is 3.11. The Kier molecular flexibility index (Phi) is 5.77. The number of oxazole rings is 1. The van der Waals surface area contributed by atoms with Crippen molar-refractivity contribution in [3.63, 3.8) is 0 Å². The molecule has 2 aromatic carbocycles. The lowest BCUT2D eigenvalue weighted by Gasteiger charge is -2.21. The third-order valence-electron chi connectivity index (χ3n) is 4.66. The van der Waals surface area contributed by atoms with Gasteiger partial charge in [0, 0.05) is 30.3 Å². The van der Waals surface area contributed by atoms with Crippen LogP contribution in [0.5, 0.6) is 0 Å². The fourth-order valence-corrected chi connectivity index (χ4v) is 4.13. The van der Waals surface area contributed by atoms with Crippen molar-refractivity contribution in [1.82, 2.24) is 9.29 Å². The molecule has 0 unspecified atom stereocenters. The molecule has 1 amide bonds. The monoisotopic (exact) mass is 415 g/mol. The predicted octanol–water partition coefficient (Wildman–Crippen LogP) is 4.23. The number of nitrogens with one attached hydrogen (secondary N) is 1. The fourth-order valence-electron chi connectivity index (χ4n) is 2.71. The maximum atomic E-state index is 12.7. The number of benzene rings is 2. The van der Waals surface area contributed by atoms with Gasteiger partial charge in [-0.1, -0.05) is 19.9 Å². The zero-order chi connectivity index (χ0) is 21.3. The Bertz CT molecular complexity index is 1150. The molecule has 0 atom stereocenters. The number of hydrogen-bond donors (Lipinski definition) is 1. The molecule has 0 spiro atoms. The van der Waals surface area contributed by atoms with Crippen molar-refractivity contribution in [3.8, 4) is 0 Å². The molecule has 0 fully saturated rings. The van der Waals surface area contributed by atoms with Crippen molar-refractivity contribution in [1.29, 1.82) is 0 Å². The first-order valence-electron chi connectivity index (χ1n) is 9.39. The summed E-state index contributed by atoms with van der Waals surface area (Å²) < 4.78 is 32.3. The lowest BCUT2D eigenvalue weighted by atomic mass is 10.2. The number of amides is 1. The minimum Gasteiger partial charge on any atom is -0.440 e. The average molecular weight is 416 g/mol. The third kappa shape index (κ3) is 4.33. The number of aromatic nitrogens is 1. The molecule has 3 rings (SSSR count). The Morgan fingerprint density at radius 1 is 1.10 bits per heavy atom. The van der Waals surface area contributed by atoms with Crippen molar-refractivity contribution in [2.24, 2.45) is 0 Å². The minimum atomic E-state index is -3.67. The van der Waals surface area contributed by atoms with E-state index in [2.05, 4.69) is 10.3 Å². The van der Waals surface area contributed by atoms with Gasteiger partial charge in [-0.3, -0.25) is 4.79 Å². The molecule has 0 radical (unpaired) electrons. The lowest BCUT2D eigenvalue weighted by Crippen LogP contribution is -2.33. The van der Waals surface area contributed by atoms with E-state index in [9.17, 15) is 13.2 Å². The number of carbonyl (C=O) groups excluding carboxylic acids is 1. The van der Waals surface area contributed by atoms with Crippen molar-refractivity contribution >= 4 is 32.7 Å². The summed E-state index contributed by atoms with van der Waals surface area (Å²) in [5.41, 5.74) is 2.11. The highest BCUT2D eigenvalue weighted by Gasteiger charge is 2.24. The first-order valence-corrected chi connectivity index (χ1v) is 10.8. The topological polar surface area (TPSA) is 92.5 Å². The maximum Gasteiger partial charge on any atom is 0.255 e. The summed E-state index contributed by atoms with van der Waals surface area (Å²) >= 11 is 0. The highest BCUT2D eigenvalue weighted by atomic mass is 32.2. The number of sulfonamides is 1. The summed E-state index contributed by atoms with van der Waals surface area (Å²) in [6, 6.07) is 11.0. The van der Waals surface area contributed by atoms with E-state index in [0.29, 0.717) is 22.7 Å². The molecule has 1 aromatic heterocycles. The molecule has 8 heteroatoms. The van der Waals surface area contributed by atoms with Crippen molar-refractivity contribution in [3.05, 3.63) is 53.9 Å². The quantitative estimate of drug-likeness (QED) is 0.650. The van der Waals surface area contributed by atoms with Crippen LogP contribution in [0.1, 0.15) is 49.9 Å². The highest BCUT2D eigenvalue weighted by molar-refractivity contribution is 7.89. The van der Waals surface area contributed by atoms with E-state index < -0.39 is 15.9 Å². The van der Waals surface area contributed by atoms with E-state index in [0.717, 1.165) is 0 Å². The predicted molar refractivity (Wildman–Crippen MR) is 113 cm³/mol. The molecule has 0 aliphatic heterocycles. The number of anilines is 1. The Balaban J connectivity index is 1.85. The smallest absolute Gasteiger partial charge is 0.255 e. The van der Waals surface area contributed by atoms with E-state index in [1.807, 2.05) is 13.8 Å². The van der Waals surface area contributed by atoms with Gasteiger partial charge < -0.3 is 9.73 Å². The van der Waals surface area contributed by atoms with Crippen LogP contribution in [0.3, 0.4) is 0 Å². The Morgan fingerprint density at radius 3 is 2.48 bits per heavy atom. The molecule has 1 N–H and O–H groups in total. The van der Waals surface area contributed by atoms with Gasteiger partial charge in [-0.15, -0.1) is 0 Å².